The van der Waals surface area contributed by atoms with E-state index in [4.69, 9.17) is 21.1 Å². The van der Waals surface area contributed by atoms with Crippen molar-refractivity contribution in [2.45, 2.75) is 25.2 Å². The van der Waals surface area contributed by atoms with Crippen LogP contribution in [-0.4, -0.2) is 33.6 Å². The number of nitrogens with zero attached hydrogens (tertiary/aromatic N) is 3. The molecule has 3 rings (SSSR count). The molecular formula is C18H18ClN3O3S2. The van der Waals surface area contributed by atoms with Crippen LogP contribution in [0.4, 0.5) is 0 Å². The average molecular weight is 424 g/mol. The van der Waals surface area contributed by atoms with Gasteiger partial charge in [-0.15, -0.1) is 21.5 Å². The van der Waals surface area contributed by atoms with Crippen molar-refractivity contribution < 1.29 is 14.3 Å². The smallest absolute Gasteiger partial charge is 0.316 e. The van der Waals surface area contributed by atoms with Crippen LogP contribution in [0, 0.1) is 0 Å². The molecule has 0 aliphatic rings. The van der Waals surface area contributed by atoms with E-state index in [2.05, 4.69) is 10.2 Å². The van der Waals surface area contributed by atoms with Gasteiger partial charge in [-0.2, -0.15) is 0 Å². The van der Waals surface area contributed by atoms with E-state index < -0.39 is 0 Å². The molecule has 0 spiro atoms. The van der Waals surface area contributed by atoms with Crippen molar-refractivity contribution in [1.29, 1.82) is 0 Å². The van der Waals surface area contributed by atoms with Crippen LogP contribution in [0.1, 0.15) is 12.5 Å². The molecule has 1 aromatic carbocycles. The number of carbonyl (C=O) groups excluding carboxylic acids is 1. The summed E-state index contributed by atoms with van der Waals surface area (Å²) in [5.74, 6) is 1.24. The zero-order chi connectivity index (χ0) is 19.2. The molecule has 0 atom stereocenters. The first-order valence-corrected chi connectivity index (χ1v) is 10.4. The molecule has 0 unspecified atom stereocenters. The van der Waals surface area contributed by atoms with Crippen LogP contribution in [0.15, 0.2) is 40.9 Å². The molecule has 142 valence electrons. The number of aromatic nitrogens is 3. The average Bonchev–Trinajstić information content (AvgIpc) is 3.33. The number of esters is 1. The van der Waals surface area contributed by atoms with E-state index in [1.54, 1.807) is 36.6 Å². The lowest BCUT2D eigenvalue weighted by Gasteiger charge is -2.10. The van der Waals surface area contributed by atoms with Gasteiger partial charge in [-0.05, 0) is 36.6 Å². The highest BCUT2D eigenvalue weighted by atomic mass is 35.5. The van der Waals surface area contributed by atoms with Gasteiger partial charge in [-0.1, -0.05) is 29.4 Å². The van der Waals surface area contributed by atoms with Crippen LogP contribution < -0.4 is 4.74 Å². The fourth-order valence-electron chi connectivity index (χ4n) is 2.45. The summed E-state index contributed by atoms with van der Waals surface area (Å²) < 4.78 is 12.6. The van der Waals surface area contributed by atoms with Crippen LogP contribution >= 0.6 is 34.7 Å². The number of hydrogen-bond donors (Lipinski definition) is 0. The molecular weight excluding hydrogens is 406 g/mol. The Morgan fingerprint density at radius 2 is 2.19 bits per heavy atom. The Kier molecular flexibility index (Phi) is 6.76. The molecule has 6 nitrogen and oxygen atoms in total. The minimum absolute atomic E-state index is 0.101. The molecule has 0 saturated carbocycles. The van der Waals surface area contributed by atoms with Gasteiger partial charge in [0.05, 0.1) is 17.7 Å². The molecule has 0 amide bonds. The van der Waals surface area contributed by atoms with Crippen LogP contribution in [0.3, 0.4) is 0 Å². The first kappa shape index (κ1) is 19.7. The van der Waals surface area contributed by atoms with Crippen molar-refractivity contribution in [2.75, 3.05) is 12.9 Å². The number of ether oxygens (including phenoxy) is 2. The zero-order valence-corrected chi connectivity index (χ0v) is 17.2. The number of halogens is 1. The summed E-state index contributed by atoms with van der Waals surface area (Å²) in [4.78, 5) is 13.2. The molecule has 27 heavy (non-hydrogen) atoms. The van der Waals surface area contributed by atoms with E-state index in [9.17, 15) is 4.79 Å². The number of thioether (sulfide) groups is 1. The van der Waals surface area contributed by atoms with E-state index >= 15 is 0 Å². The van der Waals surface area contributed by atoms with E-state index in [0.717, 1.165) is 22.8 Å². The maximum absolute atomic E-state index is 12.1. The van der Waals surface area contributed by atoms with Gasteiger partial charge in [0.1, 0.15) is 12.4 Å². The third kappa shape index (κ3) is 4.82. The molecule has 0 fully saturated rings. The van der Waals surface area contributed by atoms with E-state index in [1.165, 1.54) is 11.8 Å². The Labute approximate surface area is 170 Å². The van der Waals surface area contributed by atoms with Gasteiger partial charge in [0, 0.05) is 17.1 Å². The van der Waals surface area contributed by atoms with Gasteiger partial charge in [0.25, 0.3) is 0 Å². The predicted octanol–water partition coefficient (Wildman–Crippen LogP) is 4.52. The van der Waals surface area contributed by atoms with Gasteiger partial charge >= 0.3 is 5.97 Å². The number of hydrogen-bond acceptors (Lipinski definition) is 7. The summed E-state index contributed by atoms with van der Waals surface area (Å²) in [5.41, 5.74) is 0.722. The Hall–Kier alpha value is -2.03. The molecule has 0 radical (unpaired) electrons. The van der Waals surface area contributed by atoms with E-state index in [0.29, 0.717) is 15.9 Å². The van der Waals surface area contributed by atoms with Gasteiger partial charge in [0.2, 0.25) is 0 Å². The SMILES string of the molecule is CCn1c(SCC(=O)OCc2cc(Cl)ccc2OC)nnc1-c1cccs1. The highest BCUT2D eigenvalue weighted by Gasteiger charge is 2.16. The summed E-state index contributed by atoms with van der Waals surface area (Å²) >= 11 is 8.91. The summed E-state index contributed by atoms with van der Waals surface area (Å²) in [6.45, 7) is 2.84. The lowest BCUT2D eigenvalue weighted by atomic mass is 10.2. The van der Waals surface area contributed by atoms with Crippen molar-refractivity contribution in [2.24, 2.45) is 0 Å². The summed E-state index contributed by atoms with van der Waals surface area (Å²) in [7, 11) is 1.56. The number of thiophene rings is 1. The number of methoxy groups -OCH3 is 1. The van der Waals surface area contributed by atoms with Gasteiger partial charge in [-0.3, -0.25) is 4.79 Å². The normalized spacial score (nSPS) is 10.8. The lowest BCUT2D eigenvalue weighted by Crippen LogP contribution is -2.09. The molecule has 0 saturated heterocycles. The van der Waals surface area contributed by atoms with Crippen LogP contribution in [0.2, 0.25) is 5.02 Å². The highest BCUT2D eigenvalue weighted by Crippen LogP contribution is 2.27. The lowest BCUT2D eigenvalue weighted by molar-refractivity contribution is -0.141. The molecule has 9 heteroatoms. The second-order valence-corrected chi connectivity index (χ2v) is 7.76. The monoisotopic (exact) mass is 423 g/mol. The third-order valence-corrected chi connectivity index (χ3v) is 5.77. The second kappa shape index (κ2) is 9.25. The summed E-state index contributed by atoms with van der Waals surface area (Å²) in [5, 5.41) is 11.7. The number of carbonyl (C=O) groups is 1. The molecule has 2 aromatic heterocycles. The third-order valence-electron chi connectivity index (χ3n) is 3.72. The molecule has 0 aliphatic carbocycles. The molecule has 0 aliphatic heterocycles. The summed E-state index contributed by atoms with van der Waals surface area (Å²) in [6, 6.07) is 9.17. The number of benzene rings is 1. The molecule has 2 heterocycles. The minimum atomic E-state index is -0.342. The maximum atomic E-state index is 12.1. The Bertz CT molecular complexity index is 913. The van der Waals surface area contributed by atoms with Crippen LogP contribution in [0.5, 0.6) is 5.75 Å². The van der Waals surface area contributed by atoms with Crippen molar-refractivity contribution >= 4 is 40.7 Å². The van der Waals surface area contributed by atoms with Crippen molar-refractivity contribution in [3.05, 3.63) is 46.3 Å². The van der Waals surface area contributed by atoms with E-state index in [-0.39, 0.29) is 18.3 Å². The molecule has 0 N–H and O–H groups in total. The fraction of sp³-hybridized carbons (Fsp3) is 0.278. The fourth-order valence-corrected chi connectivity index (χ4v) is 4.16. The topological polar surface area (TPSA) is 66.2 Å². The Balaban J connectivity index is 1.59. The van der Waals surface area contributed by atoms with Gasteiger partial charge < -0.3 is 14.0 Å². The number of rotatable bonds is 8. The zero-order valence-electron chi connectivity index (χ0n) is 14.8. The van der Waals surface area contributed by atoms with Gasteiger partial charge in [-0.25, -0.2) is 0 Å². The Morgan fingerprint density at radius 3 is 2.89 bits per heavy atom. The summed E-state index contributed by atoms with van der Waals surface area (Å²) in [6.07, 6.45) is 0. The van der Waals surface area contributed by atoms with E-state index in [1.807, 2.05) is 29.0 Å². The van der Waals surface area contributed by atoms with Gasteiger partial charge in [0.15, 0.2) is 11.0 Å². The second-order valence-electron chi connectivity index (χ2n) is 5.43. The quantitative estimate of drug-likeness (QED) is 0.392. The van der Waals surface area contributed by atoms with Crippen molar-refractivity contribution in [1.82, 2.24) is 14.8 Å². The Morgan fingerprint density at radius 1 is 1.33 bits per heavy atom. The largest absolute Gasteiger partial charge is 0.496 e. The first-order chi connectivity index (χ1) is 13.1. The standard InChI is InChI=1S/C18H18ClN3O3S2/c1-3-22-17(15-5-4-8-26-15)20-21-18(22)27-11-16(23)25-10-12-9-13(19)6-7-14(12)24-2/h4-9H,3,10-11H2,1-2H3. The molecule has 0 bridgehead atoms. The van der Waals surface area contributed by atoms with Crippen LogP contribution in [-0.2, 0) is 22.7 Å². The predicted molar refractivity (Wildman–Crippen MR) is 108 cm³/mol. The van der Waals surface area contributed by atoms with Crippen LogP contribution in [0.25, 0.3) is 10.7 Å². The maximum Gasteiger partial charge on any atom is 0.316 e. The molecule has 3 aromatic rings. The highest BCUT2D eigenvalue weighted by molar-refractivity contribution is 7.99. The minimum Gasteiger partial charge on any atom is -0.496 e. The van der Waals surface area contributed by atoms with Crippen molar-refractivity contribution in [3.63, 3.8) is 0 Å². The first-order valence-electron chi connectivity index (χ1n) is 8.20. The van der Waals surface area contributed by atoms with Crippen molar-refractivity contribution in [3.8, 4) is 16.5 Å².